The number of rotatable bonds is 4. The van der Waals surface area contributed by atoms with Gasteiger partial charge in [-0.2, -0.15) is 0 Å². The fourth-order valence-electron chi connectivity index (χ4n) is 1.84. The molecule has 2 aromatic rings. The maximum Gasteiger partial charge on any atom is 1.00 e. The SMILES string of the molecule is O.O.O=C(c1ccc(F)c(S(=O)(=O)[O-])c1)c1ccc(F)c(S(=O)(=O)[O-])c1.[F-].[Na+].[Na+].[OH-].[OH-]. The van der Waals surface area contributed by atoms with E-state index in [4.69, 9.17) is 0 Å². The normalized spacial score (nSPS) is 9.42. The monoisotopic (exact) mass is 511 g/mol. The summed E-state index contributed by atoms with van der Waals surface area (Å²) in [5.74, 6) is -3.78. The third kappa shape index (κ3) is 10.8. The molecule has 2 aromatic carbocycles. The number of halogens is 3. The summed E-state index contributed by atoms with van der Waals surface area (Å²) in [7, 11) is -10.4. The zero-order valence-corrected chi connectivity index (χ0v) is 21.3. The van der Waals surface area contributed by atoms with Crippen LogP contribution in [-0.4, -0.2) is 53.6 Å². The number of hydrogen-bond donors (Lipinski definition) is 0. The van der Waals surface area contributed by atoms with Gasteiger partial charge < -0.3 is 35.7 Å². The molecule has 0 unspecified atom stereocenters. The molecule has 0 aliphatic heterocycles. The first kappa shape index (κ1) is 44.3. The third-order valence-corrected chi connectivity index (χ3v) is 4.63. The summed E-state index contributed by atoms with van der Waals surface area (Å²) in [4.78, 5) is 9.65. The van der Waals surface area contributed by atoms with Crippen LogP contribution in [-0.2, 0) is 20.2 Å². The first-order valence-electron chi connectivity index (χ1n) is 5.97. The van der Waals surface area contributed by atoms with Gasteiger partial charge in [0.2, 0.25) is 0 Å². The van der Waals surface area contributed by atoms with Crippen molar-refractivity contribution in [1.82, 2.24) is 0 Å². The van der Waals surface area contributed by atoms with Crippen molar-refractivity contribution in [3.8, 4) is 0 Å². The second-order valence-electron chi connectivity index (χ2n) is 4.53. The van der Waals surface area contributed by atoms with E-state index in [2.05, 4.69) is 0 Å². The molecule has 2 rings (SSSR count). The van der Waals surface area contributed by atoms with Gasteiger partial charge in [0, 0.05) is 11.1 Å². The number of hydrogen-bond acceptors (Lipinski definition) is 9. The fraction of sp³-hybridized carbons (Fsp3) is 0. The topological polar surface area (TPSA) is 254 Å². The molecule has 0 aliphatic carbocycles. The van der Waals surface area contributed by atoms with Crippen LogP contribution in [0.5, 0.6) is 0 Å². The van der Waals surface area contributed by atoms with Crippen molar-refractivity contribution >= 4 is 26.0 Å². The number of carbonyl (C=O) groups is 1. The minimum atomic E-state index is -5.19. The van der Waals surface area contributed by atoms with Crippen LogP contribution in [0.1, 0.15) is 15.9 Å². The first-order chi connectivity index (χ1) is 10.9. The van der Waals surface area contributed by atoms with Crippen LogP contribution in [0.2, 0.25) is 0 Å². The maximum atomic E-state index is 13.3. The van der Waals surface area contributed by atoms with Gasteiger partial charge in [-0.15, -0.1) is 0 Å². The summed E-state index contributed by atoms with van der Waals surface area (Å²) < 4.78 is 92.2. The van der Waals surface area contributed by atoms with Gasteiger partial charge in [-0.3, -0.25) is 4.79 Å². The Balaban J connectivity index is -0.000000223. The van der Waals surface area contributed by atoms with Gasteiger partial charge in [-0.1, -0.05) is 0 Å². The average Bonchev–Trinajstić information content (AvgIpc) is 2.45. The molecule has 0 heterocycles. The summed E-state index contributed by atoms with van der Waals surface area (Å²) >= 11 is 0. The van der Waals surface area contributed by atoms with Gasteiger partial charge in [0.15, 0.2) is 5.78 Å². The Morgan fingerprint density at radius 3 is 1.19 bits per heavy atom. The summed E-state index contributed by atoms with van der Waals surface area (Å²) in [5, 5.41) is 0. The van der Waals surface area contributed by atoms with E-state index in [1.54, 1.807) is 0 Å². The molecule has 0 spiro atoms. The zero-order chi connectivity index (χ0) is 18.3. The Bertz CT molecular complexity index is 981. The van der Waals surface area contributed by atoms with E-state index >= 15 is 0 Å². The van der Waals surface area contributed by atoms with E-state index in [1.807, 2.05) is 0 Å². The Labute approximate surface area is 218 Å². The molecule has 168 valence electrons. The van der Waals surface area contributed by atoms with Crippen molar-refractivity contribution in [1.29, 1.82) is 0 Å². The number of carbonyl (C=O) groups excluding carboxylic acids is 1. The molecule has 0 aliphatic rings. The summed E-state index contributed by atoms with van der Waals surface area (Å²) in [6, 6.07) is 3.76. The predicted octanol–water partition coefficient (Wildman–Crippen LogP) is -9.99. The largest absolute Gasteiger partial charge is 1.00 e. The van der Waals surface area contributed by atoms with Gasteiger partial charge in [0.25, 0.3) is 0 Å². The van der Waals surface area contributed by atoms with E-state index in [-0.39, 0.29) is 85.7 Å². The molecule has 11 nitrogen and oxygen atoms in total. The summed E-state index contributed by atoms with van der Waals surface area (Å²) in [6.07, 6.45) is 0. The molecule has 31 heavy (non-hydrogen) atoms. The van der Waals surface area contributed by atoms with Gasteiger partial charge >= 0.3 is 59.1 Å². The van der Waals surface area contributed by atoms with E-state index < -0.39 is 58.6 Å². The second-order valence-corrected chi connectivity index (χ2v) is 7.22. The maximum absolute atomic E-state index is 13.3. The Morgan fingerprint density at radius 1 is 0.710 bits per heavy atom. The van der Waals surface area contributed by atoms with Crippen LogP contribution >= 0.6 is 0 Å². The molecular weight excluding hydrogens is 499 g/mol. The van der Waals surface area contributed by atoms with Crippen LogP contribution < -0.4 is 63.8 Å². The average molecular weight is 511 g/mol. The van der Waals surface area contributed by atoms with Crippen molar-refractivity contribution in [3.05, 3.63) is 59.2 Å². The van der Waals surface area contributed by atoms with Crippen molar-refractivity contribution in [2.24, 2.45) is 0 Å². The molecule has 0 saturated heterocycles. The van der Waals surface area contributed by atoms with E-state index in [0.29, 0.717) is 24.3 Å². The fourth-order valence-corrected chi connectivity index (χ4v) is 3.00. The molecule has 0 radical (unpaired) electrons. The molecule has 0 amide bonds. The Morgan fingerprint density at radius 2 is 0.968 bits per heavy atom. The minimum Gasteiger partial charge on any atom is -1.00 e. The van der Waals surface area contributed by atoms with Crippen LogP contribution in [0.25, 0.3) is 0 Å². The minimum absolute atomic E-state index is 0. The smallest absolute Gasteiger partial charge is 1.00 e. The molecule has 18 heteroatoms. The van der Waals surface area contributed by atoms with Crippen molar-refractivity contribution < 1.29 is 125 Å². The van der Waals surface area contributed by atoms with Crippen molar-refractivity contribution in [2.45, 2.75) is 9.79 Å². The molecule has 0 bridgehead atoms. The predicted molar refractivity (Wildman–Crippen MR) is 83.3 cm³/mol. The van der Waals surface area contributed by atoms with E-state index in [9.17, 15) is 39.5 Å². The van der Waals surface area contributed by atoms with E-state index in [1.165, 1.54) is 0 Å². The Hall–Kier alpha value is -0.440. The number of benzene rings is 2. The first-order valence-corrected chi connectivity index (χ1v) is 8.78. The van der Waals surface area contributed by atoms with Crippen molar-refractivity contribution in [2.75, 3.05) is 0 Å². The van der Waals surface area contributed by atoms with E-state index in [0.717, 1.165) is 12.1 Å². The van der Waals surface area contributed by atoms with Gasteiger partial charge in [-0.25, -0.2) is 25.6 Å². The molecule has 0 fully saturated rings. The molecule has 6 N–H and O–H groups in total. The number of ketones is 1. The second kappa shape index (κ2) is 16.2. The molecule has 0 saturated carbocycles. The zero-order valence-electron chi connectivity index (χ0n) is 15.7. The third-order valence-electron chi connectivity index (χ3n) is 2.93. The Kier molecular flexibility index (Phi) is 23.2. The summed E-state index contributed by atoms with van der Waals surface area (Å²) in [5.41, 5.74) is -0.932. The van der Waals surface area contributed by atoms with Gasteiger partial charge in [0.05, 0.1) is 9.79 Å². The summed E-state index contributed by atoms with van der Waals surface area (Å²) in [6.45, 7) is 0. The van der Waals surface area contributed by atoms with Crippen molar-refractivity contribution in [3.63, 3.8) is 0 Å². The standard InChI is InChI=1S/C13H8F2O7S2.FH.2Na.4H2O/c14-9-3-1-7(5-11(9)23(17,18)19)13(16)8-2-4-10(15)12(6-8)24(20,21)22;;;;;;;/h1-6H,(H,17,18,19)(H,20,21,22);1H;;;4*1H2/q;;2*+1;;;;/p-5. The van der Waals surface area contributed by atoms with Crippen LogP contribution in [0.15, 0.2) is 46.2 Å². The van der Waals surface area contributed by atoms with Gasteiger partial charge in [-0.05, 0) is 36.4 Å². The van der Waals surface area contributed by atoms with Gasteiger partial charge in [0.1, 0.15) is 31.9 Å². The molecule has 0 atom stereocenters. The quantitative estimate of drug-likeness (QED) is 0.214. The van der Waals surface area contributed by atoms with Crippen LogP contribution in [0, 0.1) is 11.6 Å². The molecule has 0 aromatic heterocycles. The molecular formula is C13H12F3Na2O11S2-3. The van der Waals surface area contributed by atoms with Crippen LogP contribution in [0.3, 0.4) is 0 Å². The van der Waals surface area contributed by atoms with Crippen LogP contribution in [0.4, 0.5) is 8.78 Å².